The van der Waals surface area contributed by atoms with E-state index >= 15 is 0 Å². The molecule has 1 saturated heterocycles. The molecule has 8 nitrogen and oxygen atoms in total. The van der Waals surface area contributed by atoms with Crippen LogP contribution in [0.15, 0.2) is 48.7 Å². The summed E-state index contributed by atoms with van der Waals surface area (Å²) in [5.41, 5.74) is 8.23. The fraction of sp³-hybridized carbons (Fsp3) is 0.333. The number of nitrogen functional groups attached to an aromatic ring is 1. The molecular formula is C24H30ClN6O2P. The Hall–Kier alpha value is -2.80. The van der Waals surface area contributed by atoms with Gasteiger partial charge >= 0.3 is 0 Å². The topological polar surface area (TPSA) is 105 Å². The van der Waals surface area contributed by atoms with Gasteiger partial charge in [0.2, 0.25) is 5.95 Å². The molecule has 0 amide bonds. The zero-order chi connectivity index (χ0) is 24.3. The van der Waals surface area contributed by atoms with E-state index in [1.807, 2.05) is 36.4 Å². The number of nitrogens with zero attached hydrogens (tertiary/aromatic N) is 3. The van der Waals surface area contributed by atoms with Crippen LogP contribution in [0.3, 0.4) is 0 Å². The number of nitrogens with one attached hydrogen (secondary N) is 2. The van der Waals surface area contributed by atoms with Crippen LogP contribution in [-0.4, -0.2) is 54.4 Å². The smallest absolute Gasteiger partial charge is 0.229 e. The van der Waals surface area contributed by atoms with Gasteiger partial charge in [-0.05, 0) is 63.6 Å². The number of para-hydroxylation sites is 1. The molecule has 0 saturated carbocycles. The van der Waals surface area contributed by atoms with Gasteiger partial charge < -0.3 is 30.6 Å². The summed E-state index contributed by atoms with van der Waals surface area (Å²) >= 11 is 6.34. The number of rotatable bonds is 7. The van der Waals surface area contributed by atoms with Crippen LogP contribution in [0.5, 0.6) is 5.75 Å². The molecule has 180 valence electrons. The maximum atomic E-state index is 12.7. The average molecular weight is 501 g/mol. The number of hydrogen-bond acceptors (Lipinski definition) is 8. The number of likely N-dealkylation sites (tertiary alicyclic amines) is 1. The van der Waals surface area contributed by atoms with Gasteiger partial charge in [-0.2, -0.15) is 4.98 Å². The molecule has 3 aromatic rings. The summed E-state index contributed by atoms with van der Waals surface area (Å²) in [6, 6.07) is 13.0. The lowest BCUT2D eigenvalue weighted by Gasteiger charge is -2.29. The van der Waals surface area contributed by atoms with E-state index < -0.39 is 7.14 Å². The summed E-state index contributed by atoms with van der Waals surface area (Å²) in [6.45, 7) is 5.50. The second kappa shape index (κ2) is 10.2. The van der Waals surface area contributed by atoms with Gasteiger partial charge in [0.05, 0.1) is 17.6 Å². The Balaban J connectivity index is 1.49. The van der Waals surface area contributed by atoms with Crippen LogP contribution in [0.4, 0.5) is 28.8 Å². The van der Waals surface area contributed by atoms with Crippen molar-refractivity contribution in [3.05, 3.63) is 53.7 Å². The van der Waals surface area contributed by atoms with Crippen molar-refractivity contribution in [3.8, 4) is 5.75 Å². The first kappa shape index (κ1) is 24.3. The maximum absolute atomic E-state index is 12.7. The van der Waals surface area contributed by atoms with E-state index in [1.54, 1.807) is 19.4 Å². The minimum absolute atomic E-state index is 0.176. The lowest BCUT2D eigenvalue weighted by atomic mass is 10.1. The zero-order valence-corrected chi connectivity index (χ0v) is 21.2. The molecule has 2 aromatic carbocycles. The second-order valence-corrected chi connectivity index (χ2v) is 12.5. The third-order valence-electron chi connectivity index (χ3n) is 5.71. The normalized spacial score (nSPS) is 15.2. The van der Waals surface area contributed by atoms with Crippen molar-refractivity contribution < 1.29 is 9.30 Å². The van der Waals surface area contributed by atoms with Gasteiger partial charge in [0.25, 0.3) is 0 Å². The minimum atomic E-state index is -2.49. The number of ether oxygens (including phenoxy) is 1. The van der Waals surface area contributed by atoms with E-state index in [0.717, 1.165) is 36.9 Å². The van der Waals surface area contributed by atoms with Crippen LogP contribution in [0.25, 0.3) is 0 Å². The molecule has 1 aromatic heterocycles. The fourth-order valence-corrected chi connectivity index (χ4v) is 5.13. The van der Waals surface area contributed by atoms with Crippen LogP contribution in [0, 0.1) is 0 Å². The van der Waals surface area contributed by atoms with Crippen molar-refractivity contribution in [2.45, 2.75) is 18.9 Å². The van der Waals surface area contributed by atoms with Gasteiger partial charge in [-0.15, -0.1) is 0 Å². The molecule has 2 heterocycles. The summed E-state index contributed by atoms with van der Waals surface area (Å²) in [7, 11) is -0.374. The molecule has 0 atom stereocenters. The number of nitrogens with two attached hydrogens (primary N) is 1. The van der Waals surface area contributed by atoms with Gasteiger partial charge in [0.1, 0.15) is 24.0 Å². The Bertz CT molecular complexity index is 1210. The van der Waals surface area contributed by atoms with E-state index in [2.05, 4.69) is 32.5 Å². The first-order valence-corrected chi connectivity index (χ1v) is 14.1. The van der Waals surface area contributed by atoms with Crippen molar-refractivity contribution in [2.75, 3.05) is 49.8 Å². The minimum Gasteiger partial charge on any atom is -0.488 e. The molecule has 0 unspecified atom stereocenters. The van der Waals surface area contributed by atoms with Gasteiger partial charge in [-0.1, -0.05) is 23.7 Å². The molecule has 34 heavy (non-hydrogen) atoms. The Labute approximate surface area is 205 Å². The zero-order valence-electron chi connectivity index (χ0n) is 19.6. The van der Waals surface area contributed by atoms with Crippen LogP contribution < -0.4 is 26.4 Å². The predicted octanol–water partition coefficient (Wildman–Crippen LogP) is 4.92. The summed E-state index contributed by atoms with van der Waals surface area (Å²) < 4.78 is 18.8. The molecule has 0 aliphatic carbocycles. The number of halogens is 1. The van der Waals surface area contributed by atoms with Crippen molar-refractivity contribution in [1.29, 1.82) is 0 Å². The third-order valence-corrected chi connectivity index (χ3v) is 7.53. The Morgan fingerprint density at radius 2 is 1.88 bits per heavy atom. The first-order valence-electron chi connectivity index (χ1n) is 11.1. The highest BCUT2D eigenvalue weighted by Gasteiger charge is 2.19. The number of hydrogen-bond donors (Lipinski definition) is 3. The number of piperidine rings is 1. The maximum Gasteiger partial charge on any atom is 0.229 e. The van der Waals surface area contributed by atoms with Crippen LogP contribution >= 0.6 is 18.7 Å². The van der Waals surface area contributed by atoms with Gasteiger partial charge in [-0.3, -0.25) is 0 Å². The fourth-order valence-electron chi connectivity index (χ4n) is 3.84. The summed E-state index contributed by atoms with van der Waals surface area (Å²) in [5.74, 6) is 1.44. The molecular weight excluding hydrogens is 471 g/mol. The number of benzene rings is 2. The predicted molar refractivity (Wildman–Crippen MR) is 141 cm³/mol. The molecule has 1 aliphatic rings. The van der Waals surface area contributed by atoms with E-state index in [4.69, 9.17) is 22.1 Å². The summed E-state index contributed by atoms with van der Waals surface area (Å²) in [4.78, 5) is 11.1. The standard InChI is InChI=1S/C24H30ClN6O2P/c1-31-12-10-17(11-13-31)33-21-9-8-16(14-19(21)26)28-24-27-15-18(25)23(30-24)29-20-6-4-5-7-22(20)34(2,3)32/h4-9,14-15,17H,10-13,26H2,1-3H3,(H2,27,28,29,30). The lowest BCUT2D eigenvalue weighted by Crippen LogP contribution is -2.35. The molecule has 1 aliphatic heterocycles. The molecule has 1 fully saturated rings. The Kier molecular flexibility index (Phi) is 7.31. The average Bonchev–Trinajstić information content (AvgIpc) is 2.79. The quantitative estimate of drug-likeness (QED) is 0.310. The van der Waals surface area contributed by atoms with Gasteiger partial charge in [0.15, 0.2) is 5.82 Å². The van der Waals surface area contributed by atoms with E-state index in [9.17, 15) is 4.57 Å². The first-order chi connectivity index (χ1) is 16.2. The van der Waals surface area contributed by atoms with Crippen LogP contribution in [0.2, 0.25) is 5.02 Å². The van der Waals surface area contributed by atoms with Crippen molar-refractivity contribution in [1.82, 2.24) is 14.9 Å². The lowest BCUT2D eigenvalue weighted by molar-refractivity contribution is 0.115. The van der Waals surface area contributed by atoms with Crippen LogP contribution in [-0.2, 0) is 4.57 Å². The summed E-state index contributed by atoms with van der Waals surface area (Å²) in [5, 5.41) is 7.44. The van der Waals surface area contributed by atoms with Crippen LogP contribution in [0.1, 0.15) is 12.8 Å². The highest BCUT2D eigenvalue weighted by Crippen LogP contribution is 2.38. The Morgan fingerprint density at radius 3 is 2.59 bits per heavy atom. The van der Waals surface area contributed by atoms with Gasteiger partial charge in [-0.25, -0.2) is 4.98 Å². The highest BCUT2D eigenvalue weighted by atomic mass is 35.5. The van der Waals surface area contributed by atoms with Crippen molar-refractivity contribution in [3.63, 3.8) is 0 Å². The van der Waals surface area contributed by atoms with Gasteiger partial charge in [0, 0.05) is 24.1 Å². The molecule has 0 spiro atoms. The SMILES string of the molecule is CN1CCC(Oc2ccc(Nc3ncc(Cl)c(Nc4ccccc4P(C)(C)=O)n3)cc2N)CC1. The van der Waals surface area contributed by atoms with E-state index in [0.29, 0.717) is 33.9 Å². The highest BCUT2D eigenvalue weighted by molar-refractivity contribution is 7.70. The largest absolute Gasteiger partial charge is 0.488 e. The third kappa shape index (κ3) is 6.00. The molecule has 10 heteroatoms. The van der Waals surface area contributed by atoms with Crippen molar-refractivity contribution >= 4 is 52.9 Å². The summed E-state index contributed by atoms with van der Waals surface area (Å²) in [6.07, 6.45) is 3.66. The Morgan fingerprint density at radius 1 is 1.15 bits per heavy atom. The van der Waals surface area contributed by atoms with Crippen molar-refractivity contribution in [2.24, 2.45) is 0 Å². The molecule has 0 bridgehead atoms. The number of aromatic nitrogens is 2. The number of anilines is 5. The monoisotopic (exact) mass is 500 g/mol. The molecule has 4 N–H and O–H groups in total. The second-order valence-electron chi connectivity index (χ2n) is 8.88. The van der Waals surface area contributed by atoms with E-state index in [-0.39, 0.29) is 6.10 Å². The molecule has 0 radical (unpaired) electrons. The van der Waals surface area contributed by atoms with E-state index in [1.165, 1.54) is 6.20 Å². The molecule has 4 rings (SSSR count).